The van der Waals surface area contributed by atoms with Crippen LogP contribution in [0.15, 0.2) is 0 Å². The molecule has 0 aliphatic carbocycles. The van der Waals surface area contributed by atoms with Crippen LogP contribution in [-0.4, -0.2) is 44.7 Å². The van der Waals surface area contributed by atoms with E-state index >= 15 is 0 Å². The predicted molar refractivity (Wildman–Crippen MR) is 54.8 cm³/mol. The number of carbonyl (C=O) groups is 1. The molecule has 0 spiro atoms. The van der Waals surface area contributed by atoms with Crippen LogP contribution < -0.4 is 5.73 Å². The van der Waals surface area contributed by atoms with E-state index in [9.17, 15) is 4.79 Å². The first-order valence-corrected chi connectivity index (χ1v) is 5.15. The number of ether oxygens (including phenoxy) is 1. The second-order valence-electron chi connectivity index (χ2n) is 4.01. The summed E-state index contributed by atoms with van der Waals surface area (Å²) >= 11 is 0. The van der Waals surface area contributed by atoms with Crippen LogP contribution in [0.3, 0.4) is 0 Å². The zero-order chi connectivity index (χ0) is 10.6. The topological polar surface area (TPSA) is 55.6 Å². The van der Waals surface area contributed by atoms with Crippen molar-refractivity contribution in [2.45, 2.75) is 12.8 Å². The number of rotatable bonds is 3. The van der Waals surface area contributed by atoms with E-state index in [2.05, 4.69) is 11.9 Å². The largest absolute Gasteiger partial charge is 0.469 e. The molecule has 4 nitrogen and oxygen atoms in total. The number of carbonyl (C=O) groups excluding carboxylic acids is 1. The van der Waals surface area contributed by atoms with Crippen molar-refractivity contribution < 1.29 is 9.53 Å². The van der Waals surface area contributed by atoms with Crippen molar-refractivity contribution in [1.29, 1.82) is 0 Å². The van der Waals surface area contributed by atoms with Gasteiger partial charge in [-0.1, -0.05) is 0 Å². The smallest absolute Gasteiger partial charge is 0.310 e. The van der Waals surface area contributed by atoms with Crippen molar-refractivity contribution in [2.24, 2.45) is 17.6 Å². The Kier molecular flexibility index (Phi) is 4.35. The average molecular weight is 200 g/mol. The number of hydrogen-bond donors (Lipinski definition) is 1. The third-order valence-electron chi connectivity index (χ3n) is 3.09. The molecular formula is C10H20N2O2. The van der Waals surface area contributed by atoms with Crippen molar-refractivity contribution in [2.75, 3.05) is 33.8 Å². The Morgan fingerprint density at radius 1 is 1.57 bits per heavy atom. The van der Waals surface area contributed by atoms with Crippen molar-refractivity contribution >= 4 is 5.97 Å². The summed E-state index contributed by atoms with van der Waals surface area (Å²) in [5.41, 5.74) is 5.60. The van der Waals surface area contributed by atoms with E-state index in [0.29, 0.717) is 12.5 Å². The summed E-state index contributed by atoms with van der Waals surface area (Å²) in [5.74, 6) is 0.152. The molecule has 1 heterocycles. The van der Waals surface area contributed by atoms with Gasteiger partial charge in [-0.2, -0.15) is 0 Å². The molecule has 0 aromatic rings. The molecule has 1 aliphatic heterocycles. The van der Waals surface area contributed by atoms with Gasteiger partial charge in [0.1, 0.15) is 0 Å². The Morgan fingerprint density at radius 3 is 2.57 bits per heavy atom. The molecule has 0 bridgehead atoms. The Labute approximate surface area is 85.4 Å². The van der Waals surface area contributed by atoms with Gasteiger partial charge in [0.25, 0.3) is 0 Å². The third-order valence-corrected chi connectivity index (χ3v) is 3.09. The highest BCUT2D eigenvalue weighted by molar-refractivity contribution is 5.72. The molecule has 1 unspecified atom stereocenters. The van der Waals surface area contributed by atoms with E-state index < -0.39 is 0 Å². The average Bonchev–Trinajstić information content (AvgIpc) is 2.21. The van der Waals surface area contributed by atoms with Gasteiger partial charge in [0.15, 0.2) is 0 Å². The molecule has 0 aromatic heterocycles. The molecule has 0 radical (unpaired) electrons. The molecular weight excluding hydrogens is 180 g/mol. The first-order valence-electron chi connectivity index (χ1n) is 5.15. The van der Waals surface area contributed by atoms with Crippen LogP contribution in [0.5, 0.6) is 0 Å². The van der Waals surface area contributed by atoms with Crippen molar-refractivity contribution in [3.63, 3.8) is 0 Å². The summed E-state index contributed by atoms with van der Waals surface area (Å²) in [6.45, 7) is 2.51. The molecule has 14 heavy (non-hydrogen) atoms. The zero-order valence-corrected chi connectivity index (χ0v) is 9.03. The number of nitrogens with zero attached hydrogens (tertiary/aromatic N) is 1. The first-order chi connectivity index (χ1) is 6.69. The highest BCUT2D eigenvalue weighted by Gasteiger charge is 2.30. The molecule has 0 saturated carbocycles. The van der Waals surface area contributed by atoms with E-state index in [0.717, 1.165) is 25.9 Å². The molecule has 1 aliphatic rings. The van der Waals surface area contributed by atoms with Crippen LogP contribution in [0.25, 0.3) is 0 Å². The van der Waals surface area contributed by atoms with Crippen LogP contribution in [0.2, 0.25) is 0 Å². The minimum absolute atomic E-state index is 0.103. The maximum absolute atomic E-state index is 11.4. The lowest BCUT2D eigenvalue weighted by atomic mass is 9.84. The second-order valence-corrected chi connectivity index (χ2v) is 4.01. The Hall–Kier alpha value is -0.610. The van der Waals surface area contributed by atoms with Gasteiger partial charge in [-0.25, -0.2) is 0 Å². The molecule has 4 heteroatoms. The second kappa shape index (κ2) is 5.32. The van der Waals surface area contributed by atoms with E-state index in [1.165, 1.54) is 7.11 Å². The lowest BCUT2D eigenvalue weighted by molar-refractivity contribution is -0.147. The maximum atomic E-state index is 11.4. The molecule has 1 atom stereocenters. The molecule has 82 valence electrons. The monoisotopic (exact) mass is 200 g/mol. The quantitative estimate of drug-likeness (QED) is 0.655. The zero-order valence-electron chi connectivity index (χ0n) is 9.03. The number of methoxy groups -OCH3 is 1. The van der Waals surface area contributed by atoms with Crippen LogP contribution in [0.4, 0.5) is 0 Å². The highest BCUT2D eigenvalue weighted by Crippen LogP contribution is 2.24. The number of nitrogens with two attached hydrogens (primary N) is 1. The van der Waals surface area contributed by atoms with E-state index in [4.69, 9.17) is 10.5 Å². The Bertz CT molecular complexity index is 189. The molecule has 0 aromatic carbocycles. The van der Waals surface area contributed by atoms with E-state index in [-0.39, 0.29) is 11.9 Å². The molecule has 2 N–H and O–H groups in total. The minimum atomic E-state index is -0.151. The standard InChI is InChI=1S/C10H20N2O2/c1-12-5-3-8(4-6-12)9(7-11)10(13)14-2/h8-9H,3-7,11H2,1-2H3. The molecule has 1 saturated heterocycles. The van der Waals surface area contributed by atoms with E-state index in [1.807, 2.05) is 0 Å². The van der Waals surface area contributed by atoms with Gasteiger partial charge in [-0.05, 0) is 38.9 Å². The lowest BCUT2D eigenvalue weighted by Gasteiger charge is -2.32. The number of likely N-dealkylation sites (tertiary alicyclic amines) is 1. The van der Waals surface area contributed by atoms with Crippen LogP contribution in [-0.2, 0) is 9.53 Å². The Morgan fingerprint density at radius 2 is 2.14 bits per heavy atom. The van der Waals surface area contributed by atoms with E-state index in [1.54, 1.807) is 0 Å². The fourth-order valence-corrected chi connectivity index (χ4v) is 2.06. The summed E-state index contributed by atoms with van der Waals surface area (Å²) in [6.07, 6.45) is 2.10. The molecule has 1 rings (SSSR count). The minimum Gasteiger partial charge on any atom is -0.469 e. The van der Waals surface area contributed by atoms with Crippen molar-refractivity contribution in [3.05, 3.63) is 0 Å². The Balaban J connectivity index is 2.48. The number of hydrogen-bond acceptors (Lipinski definition) is 4. The first kappa shape index (κ1) is 11.5. The van der Waals surface area contributed by atoms with Gasteiger partial charge >= 0.3 is 5.97 Å². The number of piperidine rings is 1. The summed E-state index contributed by atoms with van der Waals surface area (Å²) in [4.78, 5) is 13.7. The normalized spacial score (nSPS) is 21.9. The summed E-state index contributed by atoms with van der Waals surface area (Å²) < 4.78 is 4.75. The van der Waals surface area contributed by atoms with Gasteiger partial charge in [-0.3, -0.25) is 4.79 Å². The summed E-state index contributed by atoms with van der Waals surface area (Å²) in [5, 5.41) is 0. The van der Waals surface area contributed by atoms with Crippen molar-refractivity contribution in [1.82, 2.24) is 4.90 Å². The fraction of sp³-hybridized carbons (Fsp3) is 0.900. The van der Waals surface area contributed by atoms with Crippen LogP contribution >= 0.6 is 0 Å². The van der Waals surface area contributed by atoms with Crippen LogP contribution in [0, 0.1) is 11.8 Å². The summed E-state index contributed by atoms with van der Waals surface area (Å²) in [7, 11) is 3.53. The third kappa shape index (κ3) is 2.69. The van der Waals surface area contributed by atoms with Crippen molar-refractivity contribution in [3.8, 4) is 0 Å². The maximum Gasteiger partial charge on any atom is 0.310 e. The number of esters is 1. The van der Waals surface area contributed by atoms with Gasteiger partial charge in [0.05, 0.1) is 13.0 Å². The lowest BCUT2D eigenvalue weighted by Crippen LogP contribution is -2.39. The van der Waals surface area contributed by atoms with Gasteiger partial charge < -0.3 is 15.4 Å². The SMILES string of the molecule is COC(=O)C(CN)C1CCN(C)CC1. The molecule has 1 fully saturated rings. The van der Waals surface area contributed by atoms with Gasteiger partial charge in [-0.15, -0.1) is 0 Å². The highest BCUT2D eigenvalue weighted by atomic mass is 16.5. The summed E-state index contributed by atoms with van der Waals surface area (Å²) in [6, 6.07) is 0. The van der Waals surface area contributed by atoms with Gasteiger partial charge in [0.2, 0.25) is 0 Å². The van der Waals surface area contributed by atoms with Crippen LogP contribution in [0.1, 0.15) is 12.8 Å². The molecule has 0 amide bonds. The van der Waals surface area contributed by atoms with Gasteiger partial charge in [0, 0.05) is 6.54 Å². The fourth-order valence-electron chi connectivity index (χ4n) is 2.06. The predicted octanol–water partition coefficient (Wildman–Crippen LogP) is 0.0761.